The number of nitrogens with zero attached hydrogens (tertiary/aromatic N) is 2. The van der Waals surface area contributed by atoms with Gasteiger partial charge in [0.25, 0.3) is 11.1 Å². The molecular weight excluding hydrogens is 394 g/mol. The number of ether oxygens (including phenoxy) is 1. The van der Waals surface area contributed by atoms with Crippen LogP contribution in [0.1, 0.15) is 5.76 Å². The van der Waals surface area contributed by atoms with Crippen LogP contribution in [-0.2, 0) is 14.3 Å². The van der Waals surface area contributed by atoms with Gasteiger partial charge >= 0.3 is 0 Å². The average Bonchev–Trinajstić information content (AvgIpc) is 3.33. The van der Waals surface area contributed by atoms with E-state index >= 15 is 0 Å². The number of anilines is 2. The lowest BCUT2D eigenvalue weighted by Crippen LogP contribution is -2.36. The van der Waals surface area contributed by atoms with Gasteiger partial charge in [-0.1, -0.05) is 0 Å². The van der Waals surface area contributed by atoms with E-state index in [1.807, 2.05) is 12.1 Å². The van der Waals surface area contributed by atoms with E-state index in [-0.39, 0.29) is 11.4 Å². The molecule has 0 atom stereocenters. The second-order valence-electron chi connectivity index (χ2n) is 6.48. The Kier molecular flexibility index (Phi) is 5.68. The lowest BCUT2D eigenvalue weighted by Gasteiger charge is -2.28. The van der Waals surface area contributed by atoms with Gasteiger partial charge in [0.2, 0.25) is 5.91 Å². The van der Waals surface area contributed by atoms with Crippen molar-refractivity contribution in [1.82, 2.24) is 4.90 Å². The Morgan fingerprint density at radius 3 is 2.59 bits per heavy atom. The second kappa shape index (κ2) is 8.54. The molecule has 8 nitrogen and oxygen atoms in total. The maximum atomic E-state index is 12.4. The Labute approximate surface area is 171 Å². The summed E-state index contributed by atoms with van der Waals surface area (Å²) in [6.45, 7) is 2.72. The zero-order chi connectivity index (χ0) is 20.2. The molecule has 0 spiro atoms. The van der Waals surface area contributed by atoms with Gasteiger partial charge in [0.1, 0.15) is 12.3 Å². The molecule has 0 unspecified atom stereocenters. The zero-order valence-electron chi connectivity index (χ0n) is 15.5. The molecule has 1 aromatic carbocycles. The minimum absolute atomic E-state index is 0.229. The molecule has 29 heavy (non-hydrogen) atoms. The van der Waals surface area contributed by atoms with Crippen molar-refractivity contribution in [3.63, 3.8) is 0 Å². The van der Waals surface area contributed by atoms with Gasteiger partial charge in [-0.15, -0.1) is 0 Å². The molecule has 4 rings (SSSR count). The summed E-state index contributed by atoms with van der Waals surface area (Å²) in [7, 11) is 0. The van der Waals surface area contributed by atoms with Crippen molar-refractivity contribution >= 4 is 46.3 Å². The summed E-state index contributed by atoms with van der Waals surface area (Å²) in [5.74, 6) is -0.472. The smallest absolute Gasteiger partial charge is 0.294 e. The van der Waals surface area contributed by atoms with Gasteiger partial charge in [-0.3, -0.25) is 19.3 Å². The molecule has 9 heteroatoms. The highest BCUT2D eigenvalue weighted by Gasteiger charge is 2.36. The number of nitrogens with one attached hydrogen (secondary N) is 1. The summed E-state index contributed by atoms with van der Waals surface area (Å²) in [6, 6.07) is 10.8. The fraction of sp³-hybridized carbons (Fsp3) is 0.250. The molecule has 150 valence electrons. The van der Waals surface area contributed by atoms with Crippen LogP contribution in [0.5, 0.6) is 0 Å². The summed E-state index contributed by atoms with van der Waals surface area (Å²) in [4.78, 5) is 40.3. The van der Waals surface area contributed by atoms with E-state index < -0.39 is 17.1 Å². The normalized spacial score (nSPS) is 18.6. The zero-order valence-corrected chi connectivity index (χ0v) is 16.3. The predicted octanol–water partition coefficient (Wildman–Crippen LogP) is 2.79. The third-order valence-electron chi connectivity index (χ3n) is 4.52. The van der Waals surface area contributed by atoms with Crippen LogP contribution in [0.25, 0.3) is 6.08 Å². The van der Waals surface area contributed by atoms with E-state index in [1.54, 1.807) is 24.3 Å². The van der Waals surface area contributed by atoms with Crippen molar-refractivity contribution in [3.8, 4) is 0 Å². The number of thioether (sulfide) groups is 1. The Morgan fingerprint density at radius 1 is 1.14 bits per heavy atom. The van der Waals surface area contributed by atoms with E-state index in [4.69, 9.17) is 9.15 Å². The monoisotopic (exact) mass is 413 g/mol. The van der Waals surface area contributed by atoms with Gasteiger partial charge in [0, 0.05) is 30.5 Å². The highest BCUT2D eigenvalue weighted by Crippen LogP contribution is 2.32. The number of carbonyl (C=O) groups excluding carboxylic acids is 3. The summed E-state index contributed by atoms with van der Waals surface area (Å²) in [5.41, 5.74) is 1.66. The molecule has 0 aliphatic carbocycles. The summed E-state index contributed by atoms with van der Waals surface area (Å²) >= 11 is 0.789. The molecule has 1 aromatic heterocycles. The van der Waals surface area contributed by atoms with Crippen molar-refractivity contribution in [2.75, 3.05) is 43.1 Å². The van der Waals surface area contributed by atoms with Crippen molar-refractivity contribution in [3.05, 3.63) is 53.3 Å². The predicted molar refractivity (Wildman–Crippen MR) is 109 cm³/mol. The highest BCUT2D eigenvalue weighted by atomic mass is 32.2. The van der Waals surface area contributed by atoms with Crippen molar-refractivity contribution < 1.29 is 23.5 Å². The summed E-state index contributed by atoms with van der Waals surface area (Å²) in [6.07, 6.45) is 2.97. The van der Waals surface area contributed by atoms with Gasteiger partial charge in [0.05, 0.1) is 24.4 Å². The highest BCUT2D eigenvalue weighted by molar-refractivity contribution is 8.18. The standard InChI is InChI=1S/C20H19N3O5S/c24-18(21-14-3-5-15(6-4-14)22-7-10-27-11-8-22)13-23-19(25)17(29-20(23)26)12-16-2-1-9-28-16/h1-6,9,12H,7-8,10-11,13H2,(H,21,24)/b17-12+. The molecule has 1 N–H and O–H groups in total. The first-order valence-corrected chi connectivity index (χ1v) is 9.93. The molecular formula is C20H19N3O5S. The maximum Gasteiger partial charge on any atom is 0.294 e. The third kappa shape index (κ3) is 4.52. The SMILES string of the molecule is O=C(CN1C(=O)S/C(=C/c2ccco2)C1=O)Nc1ccc(N2CCOCC2)cc1. The van der Waals surface area contributed by atoms with Crippen LogP contribution in [0.2, 0.25) is 0 Å². The lowest BCUT2D eigenvalue weighted by molar-refractivity contribution is -0.127. The average molecular weight is 413 g/mol. The third-order valence-corrected chi connectivity index (χ3v) is 5.43. The number of hydrogen-bond acceptors (Lipinski definition) is 7. The van der Waals surface area contributed by atoms with Gasteiger partial charge in [-0.25, -0.2) is 0 Å². The van der Waals surface area contributed by atoms with E-state index in [9.17, 15) is 14.4 Å². The van der Waals surface area contributed by atoms with Crippen molar-refractivity contribution in [1.29, 1.82) is 0 Å². The number of hydrogen-bond donors (Lipinski definition) is 1. The molecule has 2 saturated heterocycles. The number of amides is 3. The van der Waals surface area contributed by atoms with E-state index in [2.05, 4.69) is 10.2 Å². The first kappa shape index (κ1) is 19.3. The second-order valence-corrected chi connectivity index (χ2v) is 7.47. The van der Waals surface area contributed by atoms with Crippen LogP contribution in [0.4, 0.5) is 16.2 Å². The molecule has 2 aromatic rings. The minimum Gasteiger partial charge on any atom is -0.465 e. The van der Waals surface area contributed by atoms with E-state index in [0.717, 1.165) is 35.4 Å². The topological polar surface area (TPSA) is 92.1 Å². The number of morpholine rings is 1. The molecule has 2 aliphatic heterocycles. The number of carbonyl (C=O) groups is 3. The fourth-order valence-corrected chi connectivity index (χ4v) is 3.88. The van der Waals surface area contributed by atoms with E-state index in [0.29, 0.717) is 24.7 Å². The van der Waals surface area contributed by atoms with Crippen molar-refractivity contribution in [2.45, 2.75) is 0 Å². The van der Waals surface area contributed by atoms with Crippen LogP contribution in [0.15, 0.2) is 52.0 Å². The van der Waals surface area contributed by atoms with Crippen LogP contribution in [-0.4, -0.2) is 54.8 Å². The van der Waals surface area contributed by atoms with Gasteiger partial charge in [0.15, 0.2) is 0 Å². The molecule has 0 bridgehead atoms. The molecule has 0 saturated carbocycles. The molecule has 2 aliphatic rings. The largest absolute Gasteiger partial charge is 0.465 e. The quantitative estimate of drug-likeness (QED) is 0.754. The first-order chi connectivity index (χ1) is 14.1. The number of benzene rings is 1. The fourth-order valence-electron chi connectivity index (χ4n) is 3.06. The molecule has 0 radical (unpaired) electrons. The number of imide groups is 1. The van der Waals surface area contributed by atoms with Crippen LogP contribution < -0.4 is 10.2 Å². The van der Waals surface area contributed by atoms with Gasteiger partial charge in [-0.05, 0) is 48.2 Å². The Bertz CT molecular complexity index is 934. The first-order valence-electron chi connectivity index (χ1n) is 9.11. The van der Waals surface area contributed by atoms with Crippen LogP contribution in [0, 0.1) is 0 Å². The summed E-state index contributed by atoms with van der Waals surface area (Å²) < 4.78 is 10.5. The lowest BCUT2D eigenvalue weighted by atomic mass is 10.2. The molecule has 3 heterocycles. The van der Waals surface area contributed by atoms with Crippen LogP contribution >= 0.6 is 11.8 Å². The Morgan fingerprint density at radius 2 is 1.90 bits per heavy atom. The van der Waals surface area contributed by atoms with Gasteiger partial charge in [-0.2, -0.15) is 0 Å². The van der Waals surface area contributed by atoms with Gasteiger partial charge < -0.3 is 19.4 Å². The number of rotatable bonds is 5. The van der Waals surface area contributed by atoms with Crippen molar-refractivity contribution in [2.24, 2.45) is 0 Å². The Hall–Kier alpha value is -3.04. The maximum absolute atomic E-state index is 12.4. The van der Waals surface area contributed by atoms with Crippen LogP contribution in [0.3, 0.4) is 0 Å². The minimum atomic E-state index is -0.505. The molecule has 2 fully saturated rings. The van der Waals surface area contributed by atoms with E-state index in [1.165, 1.54) is 12.3 Å². The Balaban J connectivity index is 1.35. The number of furan rings is 1. The summed E-state index contributed by atoms with van der Waals surface area (Å²) in [5, 5.41) is 2.24. The molecule has 3 amide bonds.